The van der Waals surface area contributed by atoms with E-state index in [9.17, 15) is 9.59 Å². The lowest BCUT2D eigenvalue weighted by Crippen LogP contribution is -2.22. The van der Waals surface area contributed by atoms with Crippen LogP contribution in [0.5, 0.6) is 5.75 Å². The van der Waals surface area contributed by atoms with Gasteiger partial charge in [0.25, 0.3) is 0 Å². The molecule has 0 radical (unpaired) electrons. The molecule has 2 aromatic carbocycles. The lowest BCUT2D eigenvalue weighted by Gasteiger charge is -2.18. The summed E-state index contributed by atoms with van der Waals surface area (Å²) in [6.45, 7) is 1.50. The van der Waals surface area contributed by atoms with Gasteiger partial charge >= 0.3 is 0 Å². The van der Waals surface area contributed by atoms with Crippen molar-refractivity contribution in [3.05, 3.63) is 76.3 Å². The highest BCUT2D eigenvalue weighted by Crippen LogP contribution is 2.32. The zero-order valence-electron chi connectivity index (χ0n) is 15.5. The van der Waals surface area contributed by atoms with Gasteiger partial charge in [0, 0.05) is 29.9 Å². The van der Waals surface area contributed by atoms with E-state index in [1.807, 2.05) is 47.9 Å². The van der Waals surface area contributed by atoms with Crippen molar-refractivity contribution in [2.75, 3.05) is 12.0 Å². The number of carbonyl (C=O) groups excluding carboxylic acids is 2. The molecule has 1 aliphatic carbocycles. The summed E-state index contributed by atoms with van der Waals surface area (Å²) in [5.41, 5.74) is 3.91. The number of anilines is 2. The first-order chi connectivity index (χ1) is 13.6. The van der Waals surface area contributed by atoms with Gasteiger partial charge < -0.3 is 4.74 Å². The summed E-state index contributed by atoms with van der Waals surface area (Å²) >= 11 is 1.37. The largest absolute Gasteiger partial charge is 0.497 e. The van der Waals surface area contributed by atoms with Crippen LogP contribution in [0.2, 0.25) is 0 Å². The van der Waals surface area contributed by atoms with Crippen molar-refractivity contribution < 1.29 is 14.3 Å². The lowest BCUT2D eigenvalue weighted by atomic mass is 10.1. The minimum Gasteiger partial charge on any atom is -0.497 e. The number of hydrogen-bond donors (Lipinski definition) is 0. The van der Waals surface area contributed by atoms with E-state index in [0.717, 1.165) is 22.4 Å². The Kier molecular flexibility index (Phi) is 4.79. The van der Waals surface area contributed by atoms with E-state index in [1.165, 1.54) is 18.3 Å². The third-order valence-electron chi connectivity index (χ3n) is 4.60. The average Bonchev–Trinajstić information content (AvgIpc) is 3.28. The number of methoxy groups -OCH3 is 1. The predicted octanol–water partition coefficient (Wildman–Crippen LogP) is 4.66. The second kappa shape index (κ2) is 7.40. The molecule has 0 unspecified atom stereocenters. The number of fused-ring (bicyclic) bond motifs is 1. The molecule has 3 aromatic rings. The fraction of sp³-hybridized carbons (Fsp3) is 0.136. The molecule has 0 spiro atoms. The summed E-state index contributed by atoms with van der Waals surface area (Å²) in [7, 11) is 1.60. The van der Waals surface area contributed by atoms with Gasteiger partial charge in [-0.3, -0.25) is 14.5 Å². The molecule has 140 valence electrons. The number of nitrogens with zero attached hydrogens (tertiary/aromatic N) is 2. The van der Waals surface area contributed by atoms with Crippen LogP contribution < -0.4 is 9.64 Å². The van der Waals surface area contributed by atoms with E-state index in [2.05, 4.69) is 4.98 Å². The number of rotatable bonds is 4. The van der Waals surface area contributed by atoms with Crippen LogP contribution >= 0.6 is 11.3 Å². The molecule has 4 rings (SSSR count). The van der Waals surface area contributed by atoms with E-state index in [1.54, 1.807) is 24.1 Å². The van der Waals surface area contributed by atoms with Gasteiger partial charge in [-0.1, -0.05) is 24.3 Å². The fourth-order valence-corrected chi connectivity index (χ4v) is 4.10. The Morgan fingerprint density at radius 3 is 2.61 bits per heavy atom. The Labute approximate surface area is 166 Å². The molecule has 0 fully saturated rings. The Balaban J connectivity index is 1.62. The van der Waals surface area contributed by atoms with Crippen molar-refractivity contribution in [1.29, 1.82) is 0 Å². The number of hydrogen-bond acceptors (Lipinski definition) is 5. The molecule has 0 N–H and O–H groups in total. The second-order valence-corrected chi connectivity index (χ2v) is 7.28. The van der Waals surface area contributed by atoms with Gasteiger partial charge in [-0.05, 0) is 35.9 Å². The maximum absolute atomic E-state index is 12.6. The average molecular weight is 390 g/mol. The molecule has 0 bridgehead atoms. The van der Waals surface area contributed by atoms with Crippen LogP contribution in [0, 0.1) is 0 Å². The van der Waals surface area contributed by atoms with Gasteiger partial charge in [-0.25, -0.2) is 4.98 Å². The molecule has 6 heteroatoms. The van der Waals surface area contributed by atoms with Crippen LogP contribution in [0.15, 0.2) is 59.5 Å². The molecule has 1 aromatic heterocycles. The van der Waals surface area contributed by atoms with Crippen molar-refractivity contribution in [3.8, 4) is 5.75 Å². The minimum absolute atomic E-state index is 0.0451. The van der Waals surface area contributed by atoms with E-state index >= 15 is 0 Å². The van der Waals surface area contributed by atoms with Crippen molar-refractivity contribution in [1.82, 2.24) is 4.98 Å². The van der Waals surface area contributed by atoms with Crippen molar-refractivity contribution >= 4 is 39.9 Å². The van der Waals surface area contributed by atoms with Crippen molar-refractivity contribution in [2.45, 2.75) is 13.3 Å². The maximum Gasteiger partial charge on any atom is 0.230 e. The number of ether oxygens (including phenoxy) is 1. The smallest absolute Gasteiger partial charge is 0.230 e. The number of amides is 1. The molecule has 1 amide bonds. The quantitative estimate of drug-likeness (QED) is 0.608. The Morgan fingerprint density at radius 2 is 1.93 bits per heavy atom. The lowest BCUT2D eigenvalue weighted by molar-refractivity contribution is -0.115. The molecular weight excluding hydrogens is 372 g/mol. The summed E-state index contributed by atoms with van der Waals surface area (Å²) in [5.74, 6) is 0.628. The van der Waals surface area contributed by atoms with Gasteiger partial charge in [0.1, 0.15) is 5.75 Å². The first-order valence-corrected chi connectivity index (χ1v) is 9.68. The Bertz CT molecular complexity index is 1080. The molecule has 0 saturated carbocycles. The summed E-state index contributed by atoms with van der Waals surface area (Å²) in [4.78, 5) is 30.9. The first-order valence-electron chi connectivity index (χ1n) is 8.80. The highest BCUT2D eigenvalue weighted by molar-refractivity contribution is 7.14. The van der Waals surface area contributed by atoms with Gasteiger partial charge in [-0.15, -0.1) is 11.3 Å². The summed E-state index contributed by atoms with van der Waals surface area (Å²) < 4.78 is 5.17. The minimum atomic E-state index is -0.136. The fourth-order valence-electron chi connectivity index (χ4n) is 3.25. The zero-order chi connectivity index (χ0) is 19.7. The van der Waals surface area contributed by atoms with Crippen LogP contribution in [0.3, 0.4) is 0 Å². The molecule has 28 heavy (non-hydrogen) atoms. The van der Waals surface area contributed by atoms with Crippen molar-refractivity contribution in [2.24, 2.45) is 0 Å². The molecule has 0 aliphatic heterocycles. The SMILES string of the molecule is COc1ccc(N(C(C)=O)c2nc(C=C3Cc4ccccc4C3=O)cs2)cc1. The third-order valence-corrected chi connectivity index (χ3v) is 5.45. The van der Waals surface area contributed by atoms with E-state index < -0.39 is 0 Å². The van der Waals surface area contributed by atoms with E-state index in [0.29, 0.717) is 22.9 Å². The van der Waals surface area contributed by atoms with Gasteiger partial charge in [0.2, 0.25) is 5.91 Å². The topological polar surface area (TPSA) is 59.5 Å². The molecule has 1 heterocycles. The Morgan fingerprint density at radius 1 is 1.18 bits per heavy atom. The zero-order valence-corrected chi connectivity index (χ0v) is 16.3. The molecule has 1 aliphatic rings. The van der Waals surface area contributed by atoms with Gasteiger partial charge in [0.15, 0.2) is 10.9 Å². The summed E-state index contributed by atoms with van der Waals surface area (Å²) in [6, 6.07) is 14.9. The highest BCUT2D eigenvalue weighted by atomic mass is 32.1. The second-order valence-electron chi connectivity index (χ2n) is 6.44. The number of aromatic nitrogens is 1. The van der Waals surface area contributed by atoms with Crippen LogP contribution in [-0.4, -0.2) is 23.8 Å². The molecule has 0 atom stereocenters. The Hall–Kier alpha value is -3.25. The maximum atomic E-state index is 12.6. The van der Waals surface area contributed by atoms with E-state index in [4.69, 9.17) is 4.74 Å². The summed E-state index contributed by atoms with van der Waals surface area (Å²) in [5, 5.41) is 2.42. The monoisotopic (exact) mass is 390 g/mol. The van der Waals surface area contributed by atoms with E-state index in [-0.39, 0.29) is 11.7 Å². The number of ketones is 1. The van der Waals surface area contributed by atoms with Crippen LogP contribution in [0.4, 0.5) is 10.8 Å². The van der Waals surface area contributed by atoms with Gasteiger partial charge in [0.05, 0.1) is 18.5 Å². The standard InChI is InChI=1S/C22H18N2O3S/c1-14(25)24(18-7-9-19(27-2)10-8-18)22-23-17(13-28-22)12-16-11-15-5-3-4-6-20(15)21(16)26/h3-10,12-13H,11H2,1-2H3. The predicted molar refractivity (Wildman–Crippen MR) is 110 cm³/mol. The molecular formula is C22H18N2O3S. The van der Waals surface area contributed by atoms with Gasteiger partial charge in [-0.2, -0.15) is 0 Å². The number of thiazole rings is 1. The van der Waals surface area contributed by atoms with Crippen LogP contribution in [0.1, 0.15) is 28.5 Å². The van der Waals surface area contributed by atoms with Crippen LogP contribution in [0.25, 0.3) is 6.08 Å². The number of Topliss-reactive ketones (excluding diaryl/α,β-unsaturated/α-hetero) is 1. The molecule has 5 nitrogen and oxygen atoms in total. The summed E-state index contributed by atoms with van der Waals surface area (Å²) in [6.07, 6.45) is 2.42. The highest BCUT2D eigenvalue weighted by Gasteiger charge is 2.24. The number of allylic oxidation sites excluding steroid dienone is 1. The van der Waals surface area contributed by atoms with Crippen molar-refractivity contribution in [3.63, 3.8) is 0 Å². The third kappa shape index (κ3) is 3.34. The number of benzene rings is 2. The number of carbonyl (C=O) groups is 2. The normalized spacial score (nSPS) is 14.2. The first kappa shape index (κ1) is 18.1. The van der Waals surface area contributed by atoms with Crippen LogP contribution in [-0.2, 0) is 11.2 Å². The molecule has 0 saturated heterocycles.